The first-order valence-corrected chi connectivity index (χ1v) is 9.48. The van der Waals surface area contributed by atoms with Gasteiger partial charge in [-0.2, -0.15) is 13.2 Å². The van der Waals surface area contributed by atoms with Crippen LogP contribution in [0, 0.1) is 0 Å². The molecule has 3 rings (SSSR count). The number of urea groups is 1. The molecule has 2 aromatic heterocycles. The number of rotatable bonds is 6. The van der Waals surface area contributed by atoms with E-state index in [0.717, 1.165) is 17.0 Å². The van der Waals surface area contributed by atoms with Crippen molar-refractivity contribution in [3.63, 3.8) is 0 Å². The van der Waals surface area contributed by atoms with Gasteiger partial charge in [0.15, 0.2) is 0 Å². The maximum atomic E-state index is 12.9. The highest BCUT2D eigenvalue weighted by atomic mass is 32.1. The monoisotopic (exact) mass is 408 g/mol. The normalized spacial score (nSPS) is 12.6. The quantitative estimate of drug-likeness (QED) is 0.558. The zero-order valence-corrected chi connectivity index (χ0v) is 15.9. The summed E-state index contributed by atoms with van der Waals surface area (Å²) >= 11 is 1.52. The van der Waals surface area contributed by atoms with Crippen molar-refractivity contribution in [1.29, 1.82) is 0 Å². The molecule has 3 aromatic rings. The molecule has 1 atom stereocenters. The summed E-state index contributed by atoms with van der Waals surface area (Å²) in [5, 5.41) is 4.70. The number of thiophene rings is 1. The number of hydrogen-bond acceptors (Lipinski definition) is 3. The van der Waals surface area contributed by atoms with E-state index in [1.165, 1.54) is 23.7 Å². The molecule has 4 nitrogen and oxygen atoms in total. The lowest BCUT2D eigenvalue weighted by Crippen LogP contribution is -2.40. The molecule has 0 saturated heterocycles. The fourth-order valence-corrected chi connectivity index (χ4v) is 3.44. The smallest absolute Gasteiger partial charge is 0.416 e. The van der Waals surface area contributed by atoms with Crippen LogP contribution in [0.5, 0.6) is 0 Å². The van der Waals surface area contributed by atoms with Crippen molar-refractivity contribution < 1.29 is 22.4 Å². The number of hydrogen-bond donors (Lipinski definition) is 1. The van der Waals surface area contributed by atoms with Gasteiger partial charge in [0.2, 0.25) is 0 Å². The number of amides is 2. The van der Waals surface area contributed by atoms with Crippen molar-refractivity contribution in [2.24, 2.45) is 0 Å². The third-order valence-corrected chi connectivity index (χ3v) is 5.06. The lowest BCUT2D eigenvalue weighted by Gasteiger charge is -2.24. The van der Waals surface area contributed by atoms with Gasteiger partial charge in [0.25, 0.3) is 0 Å². The highest BCUT2D eigenvalue weighted by molar-refractivity contribution is 7.09. The molecule has 28 heavy (non-hydrogen) atoms. The second-order valence-corrected chi connectivity index (χ2v) is 7.34. The molecule has 1 aromatic carbocycles. The first kappa shape index (κ1) is 20.0. The van der Waals surface area contributed by atoms with E-state index in [0.29, 0.717) is 17.9 Å². The standard InChI is InChI=1S/C20H19F3N2O2S/c1-14(15-5-2-6-16(11-15)20(21,22)23)24-19(26)25(12-17-7-3-9-27-17)13-18-8-4-10-28-18/h2-11,14H,12-13H2,1H3,(H,24,26). The van der Waals surface area contributed by atoms with Gasteiger partial charge in [0.1, 0.15) is 5.76 Å². The van der Waals surface area contributed by atoms with Crippen molar-refractivity contribution in [2.45, 2.75) is 32.2 Å². The second-order valence-electron chi connectivity index (χ2n) is 6.31. The number of benzene rings is 1. The molecule has 0 fully saturated rings. The fourth-order valence-electron chi connectivity index (χ4n) is 2.72. The van der Waals surface area contributed by atoms with Crippen LogP contribution in [0.4, 0.5) is 18.0 Å². The average molecular weight is 408 g/mol. The van der Waals surface area contributed by atoms with Gasteiger partial charge in [-0.25, -0.2) is 4.79 Å². The van der Waals surface area contributed by atoms with E-state index in [-0.39, 0.29) is 12.6 Å². The summed E-state index contributed by atoms with van der Waals surface area (Å²) in [5.41, 5.74) is -0.352. The van der Waals surface area contributed by atoms with E-state index < -0.39 is 17.8 Å². The Bertz CT molecular complexity index is 856. The number of nitrogens with zero attached hydrogens (tertiary/aromatic N) is 1. The Balaban J connectivity index is 1.73. The zero-order chi connectivity index (χ0) is 20.1. The van der Waals surface area contributed by atoms with Crippen molar-refractivity contribution in [1.82, 2.24) is 10.2 Å². The minimum absolute atomic E-state index is 0.256. The summed E-state index contributed by atoms with van der Waals surface area (Å²) in [7, 11) is 0. The van der Waals surface area contributed by atoms with Gasteiger partial charge in [-0.05, 0) is 48.2 Å². The van der Waals surface area contributed by atoms with Crippen molar-refractivity contribution in [3.05, 3.63) is 81.9 Å². The molecule has 8 heteroatoms. The predicted octanol–water partition coefficient (Wildman–Crippen LogP) is 5.83. The molecule has 1 unspecified atom stereocenters. The minimum atomic E-state index is -4.43. The molecule has 0 aliphatic carbocycles. The van der Waals surface area contributed by atoms with Gasteiger partial charge >= 0.3 is 12.2 Å². The SMILES string of the molecule is CC(NC(=O)N(Cc1ccco1)Cc1cccs1)c1cccc(C(F)(F)F)c1. The highest BCUT2D eigenvalue weighted by Gasteiger charge is 2.31. The van der Waals surface area contributed by atoms with Crippen molar-refractivity contribution in [2.75, 3.05) is 0 Å². The Kier molecular flexibility index (Phi) is 6.08. The maximum absolute atomic E-state index is 12.9. The van der Waals surface area contributed by atoms with Gasteiger partial charge in [-0.1, -0.05) is 18.2 Å². The summed E-state index contributed by atoms with van der Waals surface area (Å²) in [6.45, 7) is 2.29. The van der Waals surface area contributed by atoms with E-state index in [1.807, 2.05) is 17.5 Å². The fraction of sp³-hybridized carbons (Fsp3) is 0.250. The molecule has 148 valence electrons. The first-order valence-electron chi connectivity index (χ1n) is 8.60. The van der Waals surface area contributed by atoms with E-state index >= 15 is 0 Å². The molecular weight excluding hydrogens is 389 g/mol. The average Bonchev–Trinajstić information content (AvgIpc) is 3.34. The Hall–Kier alpha value is -2.74. The lowest BCUT2D eigenvalue weighted by molar-refractivity contribution is -0.137. The van der Waals surface area contributed by atoms with Gasteiger partial charge in [-0.15, -0.1) is 11.3 Å². The molecule has 1 N–H and O–H groups in total. The van der Waals surface area contributed by atoms with Crippen LogP contribution >= 0.6 is 11.3 Å². The number of nitrogens with one attached hydrogen (secondary N) is 1. The van der Waals surface area contributed by atoms with Crippen LogP contribution in [-0.2, 0) is 19.3 Å². The van der Waals surface area contributed by atoms with E-state index in [4.69, 9.17) is 4.42 Å². The minimum Gasteiger partial charge on any atom is -0.467 e. The maximum Gasteiger partial charge on any atom is 0.416 e. The summed E-state index contributed by atoms with van der Waals surface area (Å²) in [4.78, 5) is 15.4. The molecule has 0 saturated carbocycles. The number of carbonyl (C=O) groups is 1. The lowest BCUT2D eigenvalue weighted by atomic mass is 10.1. The number of carbonyl (C=O) groups excluding carboxylic acids is 1. The van der Waals surface area contributed by atoms with Gasteiger partial charge in [0, 0.05) is 4.88 Å². The van der Waals surface area contributed by atoms with Crippen LogP contribution in [-0.4, -0.2) is 10.9 Å². The summed E-state index contributed by atoms with van der Waals surface area (Å²) in [5.74, 6) is 0.624. The van der Waals surface area contributed by atoms with Crippen LogP contribution in [0.15, 0.2) is 64.6 Å². The van der Waals surface area contributed by atoms with Crippen LogP contribution in [0.3, 0.4) is 0 Å². The summed E-state index contributed by atoms with van der Waals surface area (Å²) in [6, 6.07) is 11.3. The van der Waals surface area contributed by atoms with Gasteiger partial charge in [0.05, 0.1) is 31.0 Å². The Morgan fingerprint density at radius 2 is 2.00 bits per heavy atom. The molecule has 2 amide bonds. The molecule has 0 bridgehead atoms. The van der Waals surface area contributed by atoms with Crippen LogP contribution in [0.25, 0.3) is 0 Å². The highest BCUT2D eigenvalue weighted by Crippen LogP contribution is 2.30. The first-order chi connectivity index (χ1) is 13.3. The van der Waals surface area contributed by atoms with Crippen LogP contribution in [0.2, 0.25) is 0 Å². The topological polar surface area (TPSA) is 45.5 Å². The third-order valence-electron chi connectivity index (χ3n) is 4.19. The Morgan fingerprint density at radius 3 is 2.64 bits per heavy atom. The number of halogens is 3. The van der Waals surface area contributed by atoms with E-state index in [1.54, 1.807) is 30.0 Å². The Labute approximate surface area is 164 Å². The van der Waals surface area contributed by atoms with Crippen LogP contribution < -0.4 is 5.32 Å². The summed E-state index contributed by atoms with van der Waals surface area (Å²) < 4.78 is 44.2. The van der Waals surface area contributed by atoms with Crippen LogP contribution in [0.1, 0.15) is 34.7 Å². The largest absolute Gasteiger partial charge is 0.467 e. The molecule has 0 radical (unpaired) electrons. The van der Waals surface area contributed by atoms with Gasteiger partial charge < -0.3 is 14.6 Å². The molecule has 2 heterocycles. The molecule has 0 aliphatic heterocycles. The number of furan rings is 1. The third kappa shape index (κ3) is 5.16. The van der Waals surface area contributed by atoms with Gasteiger partial charge in [-0.3, -0.25) is 0 Å². The van der Waals surface area contributed by atoms with E-state index in [2.05, 4.69) is 5.32 Å². The zero-order valence-electron chi connectivity index (χ0n) is 15.1. The predicted molar refractivity (Wildman–Crippen MR) is 101 cm³/mol. The number of alkyl halides is 3. The van der Waals surface area contributed by atoms with Crippen molar-refractivity contribution in [3.8, 4) is 0 Å². The van der Waals surface area contributed by atoms with Crippen molar-refractivity contribution >= 4 is 17.4 Å². The summed E-state index contributed by atoms with van der Waals surface area (Å²) in [6.07, 6.45) is -2.90. The Morgan fingerprint density at radius 1 is 1.18 bits per heavy atom. The molecule has 0 aliphatic rings. The molecular formula is C20H19F3N2O2S. The van der Waals surface area contributed by atoms with E-state index in [9.17, 15) is 18.0 Å². The second kappa shape index (κ2) is 8.52. The molecule has 0 spiro atoms.